The number of carbonyl (C=O) groups is 7. The van der Waals surface area contributed by atoms with Gasteiger partial charge in [-0.05, 0) is 53.4 Å². The Hall–Kier alpha value is -5.72. The fraction of sp³-hybridized carbons (Fsp3) is 0.627. The highest BCUT2D eigenvalue weighted by molar-refractivity contribution is 5.92. The molecule has 0 spiro atoms. The number of rotatable bonds is 28. The lowest BCUT2D eigenvalue weighted by atomic mass is 9.97. The Balaban J connectivity index is 0.00000171. The van der Waals surface area contributed by atoms with E-state index in [9.17, 15) is 52.2 Å². The van der Waals surface area contributed by atoms with Crippen LogP contribution in [0.3, 0.4) is 0 Å². The molecule has 5 atom stereocenters. The summed E-state index contributed by atoms with van der Waals surface area (Å²) >= 11 is 0. The Morgan fingerprint density at radius 3 is 1.83 bits per heavy atom. The van der Waals surface area contributed by atoms with Crippen molar-refractivity contribution in [3.63, 3.8) is 0 Å². The van der Waals surface area contributed by atoms with Gasteiger partial charge in [0.2, 0.25) is 11.8 Å². The predicted octanol–water partition coefficient (Wildman–Crippen LogP) is 8.40. The van der Waals surface area contributed by atoms with Gasteiger partial charge in [0.1, 0.15) is 31.3 Å². The Bertz CT molecular complexity index is 1990. The molecule has 1 fully saturated rings. The van der Waals surface area contributed by atoms with Crippen LogP contribution in [0, 0.1) is 11.8 Å². The second kappa shape index (κ2) is 29.5. The third-order valence-corrected chi connectivity index (χ3v) is 12.6. The van der Waals surface area contributed by atoms with Crippen molar-refractivity contribution in [3.8, 4) is 11.1 Å². The van der Waals surface area contributed by atoms with Crippen molar-refractivity contribution in [1.82, 2.24) is 20.4 Å². The molecular formula is C51H73F3N4O12. The van der Waals surface area contributed by atoms with Crippen LogP contribution in [-0.4, -0.2) is 130 Å². The maximum Gasteiger partial charge on any atom is 0.490 e. The minimum Gasteiger partial charge on any atom is -0.481 e. The number of benzene rings is 2. The molecule has 1 saturated heterocycles. The van der Waals surface area contributed by atoms with Gasteiger partial charge in [0.25, 0.3) is 0 Å². The van der Waals surface area contributed by atoms with Crippen LogP contribution in [-0.2, 0) is 38.2 Å². The summed E-state index contributed by atoms with van der Waals surface area (Å²) in [4.78, 5) is 89.8. The van der Waals surface area contributed by atoms with E-state index in [-0.39, 0.29) is 57.0 Å². The number of piperazine rings is 1. The van der Waals surface area contributed by atoms with E-state index in [1.54, 1.807) is 0 Å². The molecule has 2 aromatic carbocycles. The first-order valence-corrected chi connectivity index (χ1v) is 24.5. The number of ether oxygens (including phenoxy) is 2. The van der Waals surface area contributed by atoms with E-state index in [1.165, 1.54) is 41.9 Å². The van der Waals surface area contributed by atoms with Crippen LogP contribution in [0.15, 0.2) is 48.5 Å². The van der Waals surface area contributed by atoms with Gasteiger partial charge in [-0.1, -0.05) is 141 Å². The van der Waals surface area contributed by atoms with Crippen molar-refractivity contribution >= 4 is 41.8 Å². The third-order valence-electron chi connectivity index (χ3n) is 12.6. The standard InChI is InChI=1S/C49H72N4O10.C2HF3O2/c1-6-8-9-10-11-12-13-14-15-20-36(28-44(55)56)63-48(60)46(34(5)7-2)50-30-35(27-33(3)4)51-47(59)42(29-45(57)58)53-26-25-52(31-43(53)54)49(61)62-32-41-39-23-18-16-21-37(39)38-22-17-19-24-40(38)41;3-2(4,5)1(6)7/h16-19,21-24,33-36,41-42,46,50H,6-15,20,25-32H2,1-5H3,(H,51,59)(H,55,56)(H,57,58);(H,6,7)/t34-,35+,36?,42+,46-;/m0./s1. The molecular weight excluding hydrogens is 918 g/mol. The van der Waals surface area contributed by atoms with Gasteiger partial charge in [0, 0.05) is 31.6 Å². The fourth-order valence-electron chi connectivity index (χ4n) is 8.77. The molecule has 1 heterocycles. The lowest BCUT2D eigenvalue weighted by Crippen LogP contribution is -2.61. The zero-order valence-electron chi connectivity index (χ0n) is 41.1. The average molecular weight is 991 g/mol. The molecule has 2 aromatic rings. The summed E-state index contributed by atoms with van der Waals surface area (Å²) in [5, 5.41) is 32.8. The number of nitrogens with one attached hydrogen (secondary N) is 2. The predicted molar refractivity (Wildman–Crippen MR) is 255 cm³/mol. The van der Waals surface area contributed by atoms with Crippen LogP contribution in [0.2, 0.25) is 0 Å². The van der Waals surface area contributed by atoms with Gasteiger partial charge in [0.15, 0.2) is 0 Å². The third kappa shape index (κ3) is 19.2. The maximum absolute atomic E-state index is 14.0. The van der Waals surface area contributed by atoms with E-state index in [4.69, 9.17) is 19.4 Å². The molecule has 5 N–H and O–H groups in total. The molecule has 19 heteroatoms. The van der Waals surface area contributed by atoms with Crippen LogP contribution >= 0.6 is 0 Å². The Morgan fingerprint density at radius 1 is 0.786 bits per heavy atom. The Labute approximate surface area is 409 Å². The molecule has 0 saturated carbocycles. The fourth-order valence-corrected chi connectivity index (χ4v) is 8.77. The smallest absolute Gasteiger partial charge is 0.481 e. The number of nitrogens with zero attached hydrogens (tertiary/aromatic N) is 2. The van der Waals surface area contributed by atoms with Gasteiger partial charge >= 0.3 is 36.1 Å². The summed E-state index contributed by atoms with van der Waals surface area (Å²) in [5.41, 5.74) is 4.29. The van der Waals surface area contributed by atoms with Crippen molar-refractivity contribution in [1.29, 1.82) is 0 Å². The SMILES string of the molecule is CCCCCCCCCCCC(CC(=O)O)OC(=O)[C@@H](NC[C@@H](CC(C)C)NC(=O)[C@@H](CC(=O)O)N1CCN(C(=O)OCC2c3ccccc3-c3ccccc32)CC1=O)[C@@H](C)CC.O=C(O)C(F)(F)F. The highest BCUT2D eigenvalue weighted by atomic mass is 19.4. The molecule has 390 valence electrons. The molecule has 16 nitrogen and oxygen atoms in total. The molecule has 70 heavy (non-hydrogen) atoms. The highest BCUT2D eigenvalue weighted by Crippen LogP contribution is 2.44. The number of unbranched alkanes of at least 4 members (excludes halogenated alkanes) is 8. The van der Waals surface area contributed by atoms with Crippen molar-refractivity contribution in [2.75, 3.05) is 32.8 Å². The zero-order chi connectivity index (χ0) is 52.0. The van der Waals surface area contributed by atoms with E-state index >= 15 is 0 Å². The topological polar surface area (TPSA) is 229 Å². The molecule has 1 aliphatic heterocycles. The second-order valence-corrected chi connectivity index (χ2v) is 18.6. The number of hydrogen-bond acceptors (Lipinski definition) is 10. The lowest BCUT2D eigenvalue weighted by molar-refractivity contribution is -0.192. The number of amides is 3. The number of halogens is 3. The second-order valence-electron chi connectivity index (χ2n) is 18.6. The van der Waals surface area contributed by atoms with E-state index in [1.807, 2.05) is 76.2 Å². The van der Waals surface area contributed by atoms with Crippen molar-refractivity contribution < 1.29 is 71.5 Å². The van der Waals surface area contributed by atoms with Gasteiger partial charge in [0.05, 0.1) is 12.8 Å². The van der Waals surface area contributed by atoms with Crippen molar-refractivity contribution in [2.24, 2.45) is 11.8 Å². The van der Waals surface area contributed by atoms with Gasteiger partial charge < -0.3 is 40.3 Å². The lowest BCUT2D eigenvalue weighted by Gasteiger charge is -2.38. The molecule has 2 aliphatic rings. The van der Waals surface area contributed by atoms with Crippen molar-refractivity contribution in [2.45, 2.75) is 161 Å². The van der Waals surface area contributed by atoms with Gasteiger partial charge in [-0.15, -0.1) is 0 Å². The van der Waals surface area contributed by atoms with E-state index in [0.29, 0.717) is 19.3 Å². The normalized spacial score (nSPS) is 15.6. The number of alkyl halides is 3. The first kappa shape index (κ1) is 58.6. The number of esters is 1. The average Bonchev–Trinajstić information content (AvgIpc) is 3.62. The molecule has 3 amide bonds. The summed E-state index contributed by atoms with van der Waals surface area (Å²) in [5.74, 6) is -7.09. The number of hydrogen-bond donors (Lipinski definition) is 5. The van der Waals surface area contributed by atoms with Crippen LogP contribution in [0.25, 0.3) is 11.1 Å². The number of aliphatic carboxylic acids is 3. The van der Waals surface area contributed by atoms with Crippen LogP contribution in [0.4, 0.5) is 18.0 Å². The number of carboxylic acid groups (broad SMARTS) is 3. The van der Waals surface area contributed by atoms with E-state index in [2.05, 4.69) is 17.6 Å². The zero-order valence-corrected chi connectivity index (χ0v) is 41.1. The minimum absolute atomic E-state index is 0.0451. The molecule has 1 unspecified atom stereocenters. The molecule has 4 rings (SSSR count). The van der Waals surface area contributed by atoms with Crippen LogP contribution in [0.5, 0.6) is 0 Å². The minimum atomic E-state index is -5.08. The van der Waals surface area contributed by atoms with Gasteiger partial charge in [-0.25, -0.2) is 9.59 Å². The first-order chi connectivity index (χ1) is 33.2. The van der Waals surface area contributed by atoms with Gasteiger partial charge in [-0.3, -0.25) is 28.9 Å². The Kier molecular flexibility index (Phi) is 24.7. The summed E-state index contributed by atoms with van der Waals surface area (Å²) in [6.07, 6.45) is 4.13. The number of carboxylic acids is 3. The van der Waals surface area contributed by atoms with E-state index in [0.717, 1.165) is 47.9 Å². The number of fused-ring (bicyclic) bond motifs is 3. The monoisotopic (exact) mass is 991 g/mol. The summed E-state index contributed by atoms with van der Waals surface area (Å²) < 4.78 is 43.4. The summed E-state index contributed by atoms with van der Waals surface area (Å²) in [6, 6.07) is 13.3. The summed E-state index contributed by atoms with van der Waals surface area (Å²) in [6.45, 7) is 9.80. The van der Waals surface area contributed by atoms with Crippen LogP contribution in [0.1, 0.15) is 142 Å². The molecule has 1 aliphatic carbocycles. The van der Waals surface area contributed by atoms with Crippen molar-refractivity contribution in [3.05, 3.63) is 59.7 Å². The maximum atomic E-state index is 14.0. The Morgan fingerprint density at radius 2 is 1.33 bits per heavy atom. The molecule has 0 bridgehead atoms. The largest absolute Gasteiger partial charge is 0.490 e. The quantitative estimate of drug-likeness (QED) is 0.0399. The first-order valence-electron chi connectivity index (χ1n) is 24.5. The van der Waals surface area contributed by atoms with E-state index < -0.39 is 78.6 Å². The molecule has 0 aromatic heterocycles. The summed E-state index contributed by atoms with van der Waals surface area (Å²) in [7, 11) is 0. The highest BCUT2D eigenvalue weighted by Gasteiger charge is 2.40. The van der Waals surface area contributed by atoms with Gasteiger partial charge in [-0.2, -0.15) is 13.2 Å². The number of carbonyl (C=O) groups excluding carboxylic acids is 4. The molecule has 0 radical (unpaired) electrons. The van der Waals surface area contributed by atoms with Crippen LogP contribution < -0.4 is 10.6 Å².